The van der Waals surface area contributed by atoms with Crippen LogP contribution in [0.5, 0.6) is 5.75 Å². The van der Waals surface area contributed by atoms with Gasteiger partial charge < -0.3 is 10.1 Å². The molecule has 110 valence electrons. The number of methoxy groups -OCH3 is 1. The molecule has 0 saturated heterocycles. The Bertz CT molecular complexity index is 704. The Kier molecular flexibility index (Phi) is 4.57. The van der Waals surface area contributed by atoms with Gasteiger partial charge in [0.2, 0.25) is 0 Å². The Balaban J connectivity index is 2.37. The molecule has 0 aromatic heterocycles. The standard InChI is InChI=1S/C15H12BrF2NO2/c1-8-6-11(18)9(16)7-12(8)19-15(20)14-10(17)4-3-5-13(14)21-2/h3-7H,1-2H3,(H,19,20). The number of carbonyl (C=O) groups excluding carboxylic acids is 1. The molecule has 2 aromatic rings. The molecular weight excluding hydrogens is 344 g/mol. The van der Waals surface area contributed by atoms with Gasteiger partial charge in [0.15, 0.2) is 0 Å². The maximum Gasteiger partial charge on any atom is 0.262 e. The minimum absolute atomic E-state index is 0.131. The first-order valence-electron chi connectivity index (χ1n) is 6.03. The summed E-state index contributed by atoms with van der Waals surface area (Å²) < 4.78 is 32.4. The quantitative estimate of drug-likeness (QED) is 0.891. The summed E-state index contributed by atoms with van der Waals surface area (Å²) in [6, 6.07) is 6.81. The van der Waals surface area contributed by atoms with Gasteiger partial charge in [0.25, 0.3) is 5.91 Å². The molecule has 0 radical (unpaired) electrons. The second-order valence-corrected chi connectivity index (χ2v) is 5.21. The summed E-state index contributed by atoms with van der Waals surface area (Å²) >= 11 is 3.04. The molecule has 0 saturated carbocycles. The van der Waals surface area contributed by atoms with Crippen molar-refractivity contribution in [1.29, 1.82) is 0 Å². The van der Waals surface area contributed by atoms with E-state index in [0.29, 0.717) is 11.3 Å². The molecule has 3 nitrogen and oxygen atoms in total. The summed E-state index contributed by atoms with van der Waals surface area (Å²) in [4.78, 5) is 12.2. The first-order chi connectivity index (χ1) is 9.93. The van der Waals surface area contributed by atoms with Gasteiger partial charge >= 0.3 is 0 Å². The molecule has 0 aliphatic heterocycles. The molecule has 2 aromatic carbocycles. The van der Waals surface area contributed by atoms with Crippen molar-refractivity contribution in [2.24, 2.45) is 0 Å². The monoisotopic (exact) mass is 355 g/mol. The number of hydrogen-bond donors (Lipinski definition) is 1. The van der Waals surface area contributed by atoms with Crippen molar-refractivity contribution in [3.8, 4) is 5.75 Å². The Morgan fingerprint density at radius 3 is 2.62 bits per heavy atom. The summed E-state index contributed by atoms with van der Waals surface area (Å²) in [6.07, 6.45) is 0. The maximum atomic E-state index is 13.8. The van der Waals surface area contributed by atoms with Crippen LogP contribution < -0.4 is 10.1 Å². The highest BCUT2D eigenvalue weighted by molar-refractivity contribution is 9.10. The van der Waals surface area contributed by atoms with E-state index >= 15 is 0 Å². The number of ether oxygens (including phenoxy) is 1. The predicted octanol–water partition coefficient (Wildman–Crippen LogP) is 4.30. The summed E-state index contributed by atoms with van der Waals surface area (Å²) in [7, 11) is 1.35. The van der Waals surface area contributed by atoms with Crippen molar-refractivity contribution in [3.63, 3.8) is 0 Å². The van der Waals surface area contributed by atoms with Crippen molar-refractivity contribution < 1.29 is 18.3 Å². The number of aryl methyl sites for hydroxylation is 1. The highest BCUT2D eigenvalue weighted by Gasteiger charge is 2.18. The lowest BCUT2D eigenvalue weighted by atomic mass is 10.1. The molecule has 0 aliphatic rings. The van der Waals surface area contributed by atoms with Crippen molar-refractivity contribution in [2.45, 2.75) is 6.92 Å². The summed E-state index contributed by atoms with van der Waals surface area (Å²) in [5.74, 6) is -1.66. The molecular formula is C15H12BrF2NO2. The fraction of sp³-hybridized carbons (Fsp3) is 0.133. The molecule has 1 N–H and O–H groups in total. The van der Waals surface area contributed by atoms with Crippen molar-refractivity contribution in [2.75, 3.05) is 12.4 Å². The first-order valence-corrected chi connectivity index (χ1v) is 6.83. The Hall–Kier alpha value is -1.95. The van der Waals surface area contributed by atoms with Crippen molar-refractivity contribution >= 4 is 27.5 Å². The number of carbonyl (C=O) groups is 1. The van der Waals surface area contributed by atoms with Gasteiger partial charge in [-0.3, -0.25) is 4.79 Å². The molecule has 0 atom stereocenters. The van der Waals surface area contributed by atoms with Crippen LogP contribution >= 0.6 is 15.9 Å². The van der Waals surface area contributed by atoms with E-state index < -0.39 is 17.5 Å². The molecule has 2 rings (SSSR count). The van der Waals surface area contributed by atoms with E-state index in [9.17, 15) is 13.6 Å². The molecule has 0 bridgehead atoms. The van der Waals surface area contributed by atoms with E-state index in [0.717, 1.165) is 0 Å². The zero-order chi connectivity index (χ0) is 15.6. The minimum atomic E-state index is -0.689. The average molecular weight is 356 g/mol. The molecule has 21 heavy (non-hydrogen) atoms. The summed E-state index contributed by atoms with van der Waals surface area (Å²) in [5, 5.41) is 2.55. The second kappa shape index (κ2) is 6.22. The zero-order valence-corrected chi connectivity index (χ0v) is 12.9. The average Bonchev–Trinajstić information content (AvgIpc) is 2.44. The molecule has 6 heteroatoms. The van der Waals surface area contributed by atoms with Crippen molar-refractivity contribution in [3.05, 3.63) is 57.6 Å². The van der Waals surface area contributed by atoms with Gasteiger partial charge in [-0.1, -0.05) is 6.07 Å². The van der Waals surface area contributed by atoms with Gasteiger partial charge in [-0.05, 0) is 52.7 Å². The van der Waals surface area contributed by atoms with E-state index in [1.165, 1.54) is 37.4 Å². The van der Waals surface area contributed by atoms with E-state index in [4.69, 9.17) is 4.74 Å². The number of amides is 1. The van der Waals surface area contributed by atoms with Crippen LogP contribution in [0.15, 0.2) is 34.8 Å². The number of nitrogens with one attached hydrogen (secondary N) is 1. The molecule has 1 amide bonds. The smallest absolute Gasteiger partial charge is 0.262 e. The van der Waals surface area contributed by atoms with Gasteiger partial charge in [-0.25, -0.2) is 8.78 Å². The van der Waals surface area contributed by atoms with Crippen LogP contribution in [0.25, 0.3) is 0 Å². The van der Waals surface area contributed by atoms with Crippen LogP contribution in [0, 0.1) is 18.6 Å². The number of rotatable bonds is 3. The third-order valence-electron chi connectivity index (χ3n) is 2.94. The van der Waals surface area contributed by atoms with Gasteiger partial charge in [-0.15, -0.1) is 0 Å². The molecule has 0 aliphatic carbocycles. The number of benzene rings is 2. The van der Waals surface area contributed by atoms with Crippen LogP contribution in [0.2, 0.25) is 0 Å². The Labute approximate surface area is 129 Å². The van der Waals surface area contributed by atoms with Gasteiger partial charge in [-0.2, -0.15) is 0 Å². The van der Waals surface area contributed by atoms with Crippen LogP contribution in [-0.2, 0) is 0 Å². The van der Waals surface area contributed by atoms with E-state index in [1.807, 2.05) is 0 Å². The lowest BCUT2D eigenvalue weighted by Crippen LogP contribution is -2.16. The predicted molar refractivity (Wildman–Crippen MR) is 79.7 cm³/mol. The second-order valence-electron chi connectivity index (χ2n) is 4.35. The van der Waals surface area contributed by atoms with Crippen molar-refractivity contribution in [1.82, 2.24) is 0 Å². The minimum Gasteiger partial charge on any atom is -0.496 e. The molecule has 0 unspecified atom stereocenters. The van der Waals surface area contributed by atoms with E-state index in [-0.39, 0.29) is 15.8 Å². The SMILES string of the molecule is COc1cccc(F)c1C(=O)Nc1cc(Br)c(F)cc1C. The Morgan fingerprint density at radius 1 is 1.24 bits per heavy atom. The van der Waals surface area contributed by atoms with Crippen LogP contribution in [0.3, 0.4) is 0 Å². The normalized spacial score (nSPS) is 10.3. The summed E-state index contributed by atoms with van der Waals surface area (Å²) in [6.45, 7) is 1.64. The van der Waals surface area contributed by atoms with Crippen LogP contribution in [-0.4, -0.2) is 13.0 Å². The van der Waals surface area contributed by atoms with E-state index in [1.54, 1.807) is 6.92 Å². The fourth-order valence-corrected chi connectivity index (χ4v) is 2.20. The lowest BCUT2D eigenvalue weighted by molar-refractivity contribution is 0.102. The molecule has 0 spiro atoms. The highest BCUT2D eigenvalue weighted by Crippen LogP contribution is 2.27. The third-order valence-corrected chi connectivity index (χ3v) is 3.55. The first kappa shape index (κ1) is 15.4. The molecule has 0 fully saturated rings. The topological polar surface area (TPSA) is 38.3 Å². The van der Waals surface area contributed by atoms with Crippen LogP contribution in [0.4, 0.5) is 14.5 Å². The fourth-order valence-electron chi connectivity index (χ4n) is 1.86. The van der Waals surface area contributed by atoms with E-state index in [2.05, 4.69) is 21.2 Å². The highest BCUT2D eigenvalue weighted by atomic mass is 79.9. The van der Waals surface area contributed by atoms with Crippen LogP contribution in [0.1, 0.15) is 15.9 Å². The maximum absolute atomic E-state index is 13.8. The molecule has 0 heterocycles. The number of anilines is 1. The van der Waals surface area contributed by atoms with Gasteiger partial charge in [0, 0.05) is 5.69 Å². The number of hydrogen-bond acceptors (Lipinski definition) is 2. The number of halogens is 3. The lowest BCUT2D eigenvalue weighted by Gasteiger charge is -2.12. The van der Waals surface area contributed by atoms with Gasteiger partial charge in [0.1, 0.15) is 22.9 Å². The zero-order valence-electron chi connectivity index (χ0n) is 11.3. The summed E-state index contributed by atoms with van der Waals surface area (Å²) in [5.41, 5.74) is 0.720. The Morgan fingerprint density at radius 2 is 1.95 bits per heavy atom. The van der Waals surface area contributed by atoms with Gasteiger partial charge in [0.05, 0.1) is 11.6 Å². The third kappa shape index (κ3) is 3.21. The largest absolute Gasteiger partial charge is 0.496 e.